The molecule has 0 saturated carbocycles. The Hall–Kier alpha value is -1.64. The molecule has 2 atom stereocenters. The lowest BCUT2D eigenvalue weighted by molar-refractivity contribution is 0.273. The molecule has 0 bridgehead atoms. The maximum Gasteiger partial charge on any atom is 0.106 e. The predicted molar refractivity (Wildman–Crippen MR) is 77.1 cm³/mol. The van der Waals surface area contributed by atoms with Gasteiger partial charge in [0.1, 0.15) is 6.10 Å². The molecule has 19 heavy (non-hydrogen) atoms. The van der Waals surface area contributed by atoms with Crippen molar-refractivity contribution in [2.24, 2.45) is 0 Å². The monoisotopic (exact) mass is 256 g/mol. The summed E-state index contributed by atoms with van der Waals surface area (Å²) < 4.78 is 5.09. The van der Waals surface area contributed by atoms with Crippen LogP contribution in [0.4, 0.5) is 0 Å². The van der Waals surface area contributed by atoms with Gasteiger partial charge in [0.15, 0.2) is 0 Å². The van der Waals surface area contributed by atoms with E-state index in [1.807, 2.05) is 55.5 Å². The molecule has 2 aromatic carbocycles. The number of aliphatic hydroxyl groups is 1. The van der Waals surface area contributed by atoms with Gasteiger partial charge in [0.05, 0.1) is 6.61 Å². The molecule has 0 radical (unpaired) electrons. The summed E-state index contributed by atoms with van der Waals surface area (Å²) >= 11 is 0. The average Bonchev–Trinajstić information content (AvgIpc) is 3.34. The number of rotatable bonds is 3. The van der Waals surface area contributed by atoms with Crippen LogP contribution in [-0.2, 0) is 4.74 Å². The average molecular weight is 256 g/mol. The number of epoxide rings is 1. The van der Waals surface area contributed by atoms with Crippen LogP contribution in [0.3, 0.4) is 0 Å². The summed E-state index contributed by atoms with van der Waals surface area (Å²) in [5.41, 5.74) is 2.50. The molecule has 1 unspecified atom stereocenters. The Bertz CT molecular complexity index is 463. The normalized spacial score (nSPS) is 18.1. The standard InChI is InChI=1S/C9H12O.C8H8O/c1-8(7-10)9-5-3-2-4-6-9;1-2-4-7(5-3-1)8-6-9-8/h2-6,8,10H,7H2,1H3;1-5,8H,6H2/t8-;/m0./s1. The van der Waals surface area contributed by atoms with Crippen molar-refractivity contribution in [2.75, 3.05) is 13.2 Å². The first-order valence-electron chi connectivity index (χ1n) is 6.63. The van der Waals surface area contributed by atoms with Crippen molar-refractivity contribution < 1.29 is 9.84 Å². The van der Waals surface area contributed by atoms with Gasteiger partial charge in [-0.05, 0) is 11.1 Å². The van der Waals surface area contributed by atoms with Gasteiger partial charge in [0, 0.05) is 12.5 Å². The minimum atomic E-state index is 0.226. The van der Waals surface area contributed by atoms with Gasteiger partial charge in [-0.15, -0.1) is 0 Å². The second-order valence-corrected chi connectivity index (χ2v) is 4.73. The van der Waals surface area contributed by atoms with Crippen LogP contribution < -0.4 is 0 Å². The molecule has 2 heteroatoms. The fraction of sp³-hybridized carbons (Fsp3) is 0.294. The van der Waals surface area contributed by atoms with Gasteiger partial charge in [-0.2, -0.15) is 0 Å². The Labute approximate surface area is 114 Å². The van der Waals surface area contributed by atoms with Crippen molar-refractivity contribution >= 4 is 0 Å². The highest BCUT2D eigenvalue weighted by atomic mass is 16.6. The van der Waals surface area contributed by atoms with Gasteiger partial charge in [-0.1, -0.05) is 67.6 Å². The fourth-order valence-electron chi connectivity index (χ4n) is 1.80. The summed E-state index contributed by atoms with van der Waals surface area (Å²) in [7, 11) is 0. The largest absolute Gasteiger partial charge is 0.396 e. The first-order valence-corrected chi connectivity index (χ1v) is 6.63. The van der Waals surface area contributed by atoms with E-state index in [4.69, 9.17) is 9.84 Å². The van der Waals surface area contributed by atoms with E-state index in [0.29, 0.717) is 6.10 Å². The number of hydrogen-bond donors (Lipinski definition) is 1. The van der Waals surface area contributed by atoms with Crippen LogP contribution in [0.1, 0.15) is 30.1 Å². The van der Waals surface area contributed by atoms with Crippen molar-refractivity contribution in [2.45, 2.75) is 18.9 Å². The first-order chi connectivity index (χ1) is 9.31. The van der Waals surface area contributed by atoms with E-state index in [0.717, 1.165) is 6.61 Å². The quantitative estimate of drug-likeness (QED) is 0.852. The van der Waals surface area contributed by atoms with Crippen LogP contribution >= 0.6 is 0 Å². The van der Waals surface area contributed by atoms with Crippen LogP contribution in [-0.4, -0.2) is 18.3 Å². The van der Waals surface area contributed by atoms with Crippen molar-refractivity contribution in [3.63, 3.8) is 0 Å². The van der Waals surface area contributed by atoms with Crippen molar-refractivity contribution in [1.82, 2.24) is 0 Å². The fourth-order valence-corrected chi connectivity index (χ4v) is 1.80. The van der Waals surface area contributed by atoms with Crippen LogP contribution in [0.15, 0.2) is 60.7 Å². The molecule has 0 aliphatic carbocycles. The molecule has 3 rings (SSSR count). The number of aliphatic hydroxyl groups excluding tert-OH is 1. The smallest absolute Gasteiger partial charge is 0.106 e. The number of hydrogen-bond acceptors (Lipinski definition) is 2. The summed E-state index contributed by atoms with van der Waals surface area (Å²) in [5.74, 6) is 0.265. The Morgan fingerprint density at radius 3 is 2.05 bits per heavy atom. The zero-order valence-electron chi connectivity index (χ0n) is 11.2. The summed E-state index contributed by atoms with van der Waals surface area (Å²) in [6.45, 7) is 3.14. The van der Waals surface area contributed by atoms with E-state index in [1.54, 1.807) is 0 Å². The Morgan fingerprint density at radius 1 is 1.05 bits per heavy atom. The highest BCUT2D eigenvalue weighted by molar-refractivity contribution is 5.20. The molecule has 0 spiro atoms. The second kappa shape index (κ2) is 7.07. The molecule has 1 aliphatic heterocycles. The maximum absolute atomic E-state index is 8.79. The lowest BCUT2D eigenvalue weighted by Crippen LogP contribution is -1.97. The molecule has 100 valence electrons. The number of benzene rings is 2. The Kier molecular flexibility index (Phi) is 5.13. The van der Waals surface area contributed by atoms with Crippen molar-refractivity contribution in [1.29, 1.82) is 0 Å². The van der Waals surface area contributed by atoms with E-state index < -0.39 is 0 Å². The topological polar surface area (TPSA) is 32.8 Å². The summed E-state index contributed by atoms with van der Waals surface area (Å²) in [6.07, 6.45) is 0.409. The van der Waals surface area contributed by atoms with Gasteiger partial charge in [0.25, 0.3) is 0 Å². The zero-order valence-corrected chi connectivity index (χ0v) is 11.2. The second-order valence-electron chi connectivity index (χ2n) is 4.73. The first kappa shape index (κ1) is 13.8. The third-order valence-corrected chi connectivity index (χ3v) is 3.15. The minimum Gasteiger partial charge on any atom is -0.396 e. The third kappa shape index (κ3) is 4.51. The molecule has 2 nitrogen and oxygen atoms in total. The van der Waals surface area contributed by atoms with Gasteiger partial charge >= 0.3 is 0 Å². The summed E-state index contributed by atoms with van der Waals surface area (Å²) in [6, 6.07) is 20.3. The molecule has 0 amide bonds. The Balaban J connectivity index is 0.000000141. The molecule has 1 N–H and O–H groups in total. The van der Waals surface area contributed by atoms with Crippen LogP contribution in [0.2, 0.25) is 0 Å². The minimum absolute atomic E-state index is 0.226. The molecule has 2 aromatic rings. The van der Waals surface area contributed by atoms with Crippen LogP contribution in [0, 0.1) is 0 Å². The van der Waals surface area contributed by atoms with Crippen molar-refractivity contribution in [3.8, 4) is 0 Å². The molecule has 1 fully saturated rings. The van der Waals surface area contributed by atoms with E-state index >= 15 is 0 Å². The van der Waals surface area contributed by atoms with E-state index in [-0.39, 0.29) is 12.5 Å². The predicted octanol–water partition coefficient (Wildman–Crippen LogP) is 3.54. The molecule has 1 aliphatic rings. The third-order valence-electron chi connectivity index (χ3n) is 3.15. The van der Waals surface area contributed by atoms with Gasteiger partial charge in [-0.25, -0.2) is 0 Å². The molecule has 0 aromatic heterocycles. The lowest BCUT2D eigenvalue weighted by atomic mass is 10.0. The van der Waals surface area contributed by atoms with Crippen LogP contribution in [0.5, 0.6) is 0 Å². The lowest BCUT2D eigenvalue weighted by Gasteiger charge is -2.05. The van der Waals surface area contributed by atoms with E-state index in [9.17, 15) is 0 Å². The highest BCUT2D eigenvalue weighted by Gasteiger charge is 2.23. The van der Waals surface area contributed by atoms with Gasteiger partial charge < -0.3 is 9.84 Å². The molecular formula is C17H20O2. The highest BCUT2D eigenvalue weighted by Crippen LogP contribution is 2.28. The Morgan fingerprint density at radius 2 is 1.58 bits per heavy atom. The molecular weight excluding hydrogens is 236 g/mol. The van der Waals surface area contributed by atoms with E-state index in [1.165, 1.54) is 11.1 Å². The molecule has 1 saturated heterocycles. The van der Waals surface area contributed by atoms with Gasteiger partial charge in [0.2, 0.25) is 0 Å². The summed E-state index contributed by atoms with van der Waals surface area (Å²) in [5, 5.41) is 8.79. The summed E-state index contributed by atoms with van der Waals surface area (Å²) in [4.78, 5) is 0. The molecule has 1 heterocycles. The van der Waals surface area contributed by atoms with E-state index in [2.05, 4.69) is 12.1 Å². The van der Waals surface area contributed by atoms with Crippen LogP contribution in [0.25, 0.3) is 0 Å². The SMILES string of the molecule is C[C@@H](CO)c1ccccc1.c1ccc(C2CO2)cc1. The maximum atomic E-state index is 8.79. The zero-order chi connectivity index (χ0) is 13.5. The number of ether oxygens (including phenoxy) is 1. The van der Waals surface area contributed by atoms with Gasteiger partial charge in [-0.3, -0.25) is 0 Å². The van der Waals surface area contributed by atoms with Crippen molar-refractivity contribution in [3.05, 3.63) is 71.8 Å².